The molecule has 0 spiro atoms. The van der Waals surface area contributed by atoms with Crippen molar-refractivity contribution in [3.63, 3.8) is 0 Å². The van der Waals surface area contributed by atoms with Crippen molar-refractivity contribution in [3.8, 4) is 5.75 Å². The minimum absolute atomic E-state index is 0.0188. The van der Waals surface area contributed by atoms with E-state index in [9.17, 15) is 13.2 Å². The molecule has 0 aliphatic rings. The Balaban J connectivity index is 2.38. The fraction of sp³-hybridized carbons (Fsp3) is 0.231. The number of thiazole rings is 1. The highest BCUT2D eigenvalue weighted by molar-refractivity contribution is 7.93. The first-order valence-electron chi connectivity index (χ1n) is 6.18. The molecule has 2 aromatic rings. The number of aromatic nitrogens is 1. The van der Waals surface area contributed by atoms with Crippen molar-refractivity contribution in [2.24, 2.45) is 5.73 Å². The van der Waals surface area contributed by atoms with Crippen molar-refractivity contribution < 1.29 is 17.9 Å². The standard InChI is InChI=1S/C13H15N3O4S2/c1-7-8(2)11(5-4-10(7)20-3)22(18,19)16-13-15-9(6-21-13)12(14)17/h4-6H,1-3H3,(H2,14,17)(H,15,16). The second-order valence-corrected chi connectivity index (χ2v) is 7.03. The van der Waals surface area contributed by atoms with E-state index in [2.05, 4.69) is 9.71 Å². The van der Waals surface area contributed by atoms with Gasteiger partial charge < -0.3 is 10.5 Å². The molecule has 0 saturated carbocycles. The molecule has 7 nitrogen and oxygen atoms in total. The minimum atomic E-state index is -3.81. The zero-order valence-corrected chi connectivity index (χ0v) is 13.8. The first-order chi connectivity index (χ1) is 10.3. The van der Waals surface area contributed by atoms with Crippen molar-refractivity contribution >= 4 is 32.4 Å². The first-order valence-corrected chi connectivity index (χ1v) is 8.55. The third-order valence-electron chi connectivity index (χ3n) is 3.18. The fourth-order valence-corrected chi connectivity index (χ4v) is 4.14. The normalized spacial score (nSPS) is 11.2. The largest absolute Gasteiger partial charge is 0.496 e. The lowest BCUT2D eigenvalue weighted by atomic mass is 10.1. The summed E-state index contributed by atoms with van der Waals surface area (Å²) in [5.74, 6) is -0.0973. The summed E-state index contributed by atoms with van der Waals surface area (Å²) in [6.07, 6.45) is 0. The second-order valence-electron chi connectivity index (χ2n) is 4.52. The Morgan fingerprint density at radius 1 is 1.32 bits per heavy atom. The molecule has 0 atom stereocenters. The average Bonchev–Trinajstić information content (AvgIpc) is 2.89. The second kappa shape index (κ2) is 5.93. The van der Waals surface area contributed by atoms with Gasteiger partial charge in [0.05, 0.1) is 12.0 Å². The van der Waals surface area contributed by atoms with Crippen molar-refractivity contribution in [1.29, 1.82) is 0 Å². The Kier molecular flexibility index (Phi) is 4.38. The molecule has 0 radical (unpaired) electrons. The molecule has 0 aliphatic carbocycles. The third-order valence-corrected chi connectivity index (χ3v) is 5.55. The molecule has 0 fully saturated rings. The number of nitrogens with zero attached hydrogens (tertiary/aromatic N) is 1. The van der Waals surface area contributed by atoms with Crippen molar-refractivity contribution in [2.75, 3.05) is 11.8 Å². The van der Waals surface area contributed by atoms with Gasteiger partial charge in [-0.2, -0.15) is 0 Å². The van der Waals surface area contributed by atoms with Crippen molar-refractivity contribution in [3.05, 3.63) is 34.3 Å². The van der Waals surface area contributed by atoms with E-state index in [0.29, 0.717) is 11.3 Å². The summed E-state index contributed by atoms with van der Waals surface area (Å²) in [6.45, 7) is 3.48. The number of rotatable bonds is 5. The van der Waals surface area contributed by atoms with E-state index in [1.807, 2.05) is 0 Å². The van der Waals surface area contributed by atoms with Crippen molar-refractivity contribution in [2.45, 2.75) is 18.7 Å². The number of amides is 1. The van der Waals surface area contributed by atoms with E-state index in [1.165, 1.54) is 18.6 Å². The molecule has 3 N–H and O–H groups in total. The van der Waals surface area contributed by atoms with Crippen LogP contribution in [0.5, 0.6) is 5.75 Å². The van der Waals surface area contributed by atoms with Crippen LogP contribution < -0.4 is 15.2 Å². The minimum Gasteiger partial charge on any atom is -0.496 e. The van der Waals surface area contributed by atoms with E-state index in [0.717, 1.165) is 16.9 Å². The maximum Gasteiger partial charge on any atom is 0.268 e. The Labute approximate surface area is 132 Å². The molecule has 2 rings (SSSR count). The van der Waals surface area contributed by atoms with Crippen LogP contribution in [0, 0.1) is 13.8 Å². The van der Waals surface area contributed by atoms with Gasteiger partial charge in [-0.15, -0.1) is 11.3 Å². The van der Waals surface area contributed by atoms with Gasteiger partial charge in [0, 0.05) is 5.38 Å². The van der Waals surface area contributed by atoms with Crippen LogP contribution >= 0.6 is 11.3 Å². The molecular formula is C13H15N3O4S2. The predicted molar refractivity (Wildman–Crippen MR) is 83.9 cm³/mol. The lowest BCUT2D eigenvalue weighted by Gasteiger charge is -2.13. The lowest BCUT2D eigenvalue weighted by molar-refractivity contribution is 0.0996. The van der Waals surface area contributed by atoms with Gasteiger partial charge in [0.1, 0.15) is 11.4 Å². The monoisotopic (exact) mass is 341 g/mol. The van der Waals surface area contributed by atoms with Gasteiger partial charge in [-0.3, -0.25) is 9.52 Å². The maximum absolute atomic E-state index is 12.5. The number of nitrogens with two attached hydrogens (primary N) is 1. The summed E-state index contributed by atoms with van der Waals surface area (Å²) in [7, 11) is -2.29. The number of anilines is 1. The van der Waals surface area contributed by atoms with Crippen LogP contribution in [0.4, 0.5) is 5.13 Å². The average molecular weight is 341 g/mol. The van der Waals surface area contributed by atoms with Crippen LogP contribution in [0.2, 0.25) is 0 Å². The highest BCUT2D eigenvalue weighted by Gasteiger charge is 2.21. The SMILES string of the molecule is COc1ccc(S(=O)(=O)Nc2nc(C(N)=O)cs2)c(C)c1C. The molecule has 1 amide bonds. The summed E-state index contributed by atoms with van der Waals surface area (Å²) < 4.78 is 32.4. The van der Waals surface area contributed by atoms with Gasteiger partial charge >= 0.3 is 0 Å². The number of carbonyl (C=O) groups excluding carboxylic acids is 1. The Hall–Kier alpha value is -2.13. The van der Waals surface area contributed by atoms with Crippen LogP contribution in [0.3, 0.4) is 0 Å². The Morgan fingerprint density at radius 3 is 2.55 bits per heavy atom. The van der Waals surface area contributed by atoms with Gasteiger partial charge in [-0.1, -0.05) is 0 Å². The summed E-state index contributed by atoms with van der Waals surface area (Å²) >= 11 is 0.990. The highest BCUT2D eigenvalue weighted by Crippen LogP contribution is 2.28. The summed E-state index contributed by atoms with van der Waals surface area (Å²) in [5.41, 5.74) is 6.43. The van der Waals surface area contributed by atoms with Gasteiger partial charge in [0.2, 0.25) is 0 Å². The Bertz CT molecular complexity index is 828. The summed E-state index contributed by atoms with van der Waals surface area (Å²) in [5, 5.41) is 1.48. The number of sulfonamides is 1. The van der Waals surface area contributed by atoms with Crippen LogP contribution in [-0.4, -0.2) is 26.4 Å². The molecular weight excluding hydrogens is 326 g/mol. The zero-order valence-electron chi connectivity index (χ0n) is 12.2. The molecule has 0 aliphatic heterocycles. The van der Waals surface area contributed by atoms with Gasteiger partial charge in [0.15, 0.2) is 5.13 Å². The quantitative estimate of drug-likeness (QED) is 0.859. The Morgan fingerprint density at radius 2 is 2.00 bits per heavy atom. The zero-order chi connectivity index (χ0) is 16.5. The molecule has 0 saturated heterocycles. The highest BCUT2D eigenvalue weighted by atomic mass is 32.2. The van der Waals surface area contributed by atoms with E-state index in [1.54, 1.807) is 19.9 Å². The van der Waals surface area contributed by atoms with Crippen molar-refractivity contribution in [1.82, 2.24) is 4.98 Å². The molecule has 0 unspecified atom stereocenters. The molecule has 1 aromatic heterocycles. The van der Waals surface area contributed by atoms with Crippen LogP contribution in [0.25, 0.3) is 0 Å². The van der Waals surface area contributed by atoms with Gasteiger partial charge in [-0.25, -0.2) is 13.4 Å². The van der Waals surface area contributed by atoms with Crippen LogP contribution in [-0.2, 0) is 10.0 Å². The number of carbonyl (C=O) groups is 1. The number of hydrogen-bond acceptors (Lipinski definition) is 6. The van der Waals surface area contributed by atoms with E-state index < -0.39 is 15.9 Å². The van der Waals surface area contributed by atoms with E-state index >= 15 is 0 Å². The van der Waals surface area contributed by atoms with Gasteiger partial charge in [-0.05, 0) is 37.1 Å². The number of methoxy groups -OCH3 is 1. The molecule has 118 valence electrons. The molecule has 1 heterocycles. The molecule has 22 heavy (non-hydrogen) atoms. The molecule has 9 heteroatoms. The third kappa shape index (κ3) is 3.04. The number of primary amides is 1. The van der Waals surface area contributed by atoms with Crippen LogP contribution in [0.15, 0.2) is 22.4 Å². The molecule has 1 aromatic carbocycles. The van der Waals surface area contributed by atoms with E-state index in [4.69, 9.17) is 10.5 Å². The summed E-state index contributed by atoms with van der Waals surface area (Å²) in [6, 6.07) is 3.06. The summed E-state index contributed by atoms with van der Waals surface area (Å²) in [4.78, 5) is 15.0. The fourth-order valence-electron chi connectivity index (χ4n) is 1.89. The number of benzene rings is 1. The topological polar surface area (TPSA) is 111 Å². The number of ether oxygens (including phenoxy) is 1. The molecule has 0 bridgehead atoms. The number of hydrogen-bond donors (Lipinski definition) is 2. The maximum atomic E-state index is 12.5. The first kappa shape index (κ1) is 16.2. The smallest absolute Gasteiger partial charge is 0.268 e. The van der Waals surface area contributed by atoms with Crippen LogP contribution in [0.1, 0.15) is 21.6 Å². The van der Waals surface area contributed by atoms with E-state index in [-0.39, 0.29) is 15.7 Å². The van der Waals surface area contributed by atoms with Gasteiger partial charge in [0.25, 0.3) is 15.9 Å². The lowest BCUT2D eigenvalue weighted by Crippen LogP contribution is -2.16. The predicted octanol–water partition coefficient (Wildman–Crippen LogP) is 1.67. The number of nitrogens with one attached hydrogen (secondary N) is 1.